The van der Waals surface area contributed by atoms with Crippen LogP contribution in [0.25, 0.3) is 0 Å². The Kier molecular flexibility index (Phi) is 6.47. The Morgan fingerprint density at radius 2 is 1.67 bits per heavy atom. The first-order valence-corrected chi connectivity index (χ1v) is 5.23. The average molecular weight is 217 g/mol. The Bertz CT molecular complexity index is 184. The van der Waals surface area contributed by atoms with Crippen LogP contribution in [-0.4, -0.2) is 49.2 Å². The fourth-order valence-corrected chi connectivity index (χ4v) is 1.19. The van der Waals surface area contributed by atoms with Crippen LogP contribution < -0.4 is 11.5 Å². The Morgan fingerprint density at radius 1 is 1.20 bits per heavy atom. The minimum atomic E-state index is -0.436. The van der Waals surface area contributed by atoms with Gasteiger partial charge >= 0.3 is 5.97 Å². The van der Waals surface area contributed by atoms with E-state index in [9.17, 15) is 4.79 Å². The average Bonchev–Trinajstić information content (AvgIpc) is 2.00. The van der Waals surface area contributed by atoms with Gasteiger partial charge < -0.3 is 16.2 Å². The normalized spacial score (nSPS) is 11.9. The van der Waals surface area contributed by atoms with Crippen LogP contribution >= 0.6 is 0 Å². The van der Waals surface area contributed by atoms with Gasteiger partial charge in [-0.3, -0.25) is 9.69 Å². The van der Waals surface area contributed by atoms with Crippen LogP contribution in [0.3, 0.4) is 0 Å². The number of nitrogens with zero attached hydrogens (tertiary/aromatic N) is 1. The second kappa shape index (κ2) is 6.76. The van der Waals surface area contributed by atoms with Gasteiger partial charge in [0.1, 0.15) is 5.60 Å². The highest BCUT2D eigenvalue weighted by Crippen LogP contribution is 2.07. The molecule has 0 aliphatic carbocycles. The Balaban J connectivity index is 3.99. The molecule has 5 heteroatoms. The smallest absolute Gasteiger partial charge is 0.320 e. The number of rotatable bonds is 6. The van der Waals surface area contributed by atoms with Crippen LogP contribution in [0.2, 0.25) is 0 Å². The van der Waals surface area contributed by atoms with E-state index in [0.717, 1.165) is 0 Å². The molecule has 0 atom stereocenters. The molecule has 0 spiro atoms. The van der Waals surface area contributed by atoms with Crippen molar-refractivity contribution in [2.45, 2.75) is 26.4 Å². The first-order valence-electron chi connectivity index (χ1n) is 5.23. The highest BCUT2D eigenvalue weighted by Gasteiger charge is 2.18. The molecule has 90 valence electrons. The zero-order valence-electron chi connectivity index (χ0n) is 9.95. The summed E-state index contributed by atoms with van der Waals surface area (Å²) in [5, 5.41) is 0. The molecule has 0 fully saturated rings. The highest BCUT2D eigenvalue weighted by molar-refractivity contribution is 5.72. The molecule has 0 aliphatic heterocycles. The van der Waals surface area contributed by atoms with Crippen LogP contribution in [0.15, 0.2) is 0 Å². The van der Waals surface area contributed by atoms with Gasteiger partial charge in [-0.05, 0) is 20.8 Å². The van der Waals surface area contributed by atoms with Crippen LogP contribution in [-0.2, 0) is 9.53 Å². The van der Waals surface area contributed by atoms with E-state index in [1.807, 2.05) is 25.7 Å². The molecule has 0 radical (unpaired) electrons. The summed E-state index contributed by atoms with van der Waals surface area (Å²) in [6.45, 7) is 8.16. The SMILES string of the molecule is CC(C)(C)OC(=O)CN(CCN)CCN. The molecule has 0 aromatic carbocycles. The Labute approximate surface area is 91.7 Å². The van der Waals surface area contributed by atoms with Crippen LogP contribution in [0.1, 0.15) is 20.8 Å². The summed E-state index contributed by atoms with van der Waals surface area (Å²) in [6.07, 6.45) is 0. The monoisotopic (exact) mass is 217 g/mol. The van der Waals surface area contributed by atoms with E-state index >= 15 is 0 Å². The molecule has 0 saturated heterocycles. The number of carbonyl (C=O) groups excluding carboxylic acids is 1. The van der Waals surface area contributed by atoms with E-state index < -0.39 is 5.60 Å². The van der Waals surface area contributed by atoms with Crippen molar-refractivity contribution in [2.24, 2.45) is 11.5 Å². The van der Waals surface area contributed by atoms with Gasteiger partial charge in [-0.1, -0.05) is 0 Å². The topological polar surface area (TPSA) is 81.6 Å². The molecule has 0 rings (SSSR count). The van der Waals surface area contributed by atoms with Crippen molar-refractivity contribution in [1.29, 1.82) is 0 Å². The first kappa shape index (κ1) is 14.3. The van der Waals surface area contributed by atoms with E-state index in [-0.39, 0.29) is 12.5 Å². The fraction of sp³-hybridized carbons (Fsp3) is 0.900. The lowest BCUT2D eigenvalue weighted by Crippen LogP contribution is -2.40. The zero-order chi connectivity index (χ0) is 11.9. The zero-order valence-corrected chi connectivity index (χ0v) is 9.95. The quantitative estimate of drug-likeness (QED) is 0.589. The number of nitrogens with two attached hydrogens (primary N) is 2. The van der Waals surface area contributed by atoms with Crippen molar-refractivity contribution in [2.75, 3.05) is 32.7 Å². The molecule has 0 bridgehead atoms. The van der Waals surface area contributed by atoms with Gasteiger partial charge in [-0.25, -0.2) is 0 Å². The van der Waals surface area contributed by atoms with Crippen LogP contribution in [0, 0.1) is 0 Å². The minimum Gasteiger partial charge on any atom is -0.459 e. The molecule has 0 unspecified atom stereocenters. The molecule has 5 nitrogen and oxygen atoms in total. The summed E-state index contributed by atoms with van der Waals surface area (Å²) in [6, 6.07) is 0. The summed E-state index contributed by atoms with van der Waals surface area (Å²) >= 11 is 0. The number of esters is 1. The highest BCUT2D eigenvalue weighted by atomic mass is 16.6. The molecule has 0 amide bonds. The number of hydrogen-bond acceptors (Lipinski definition) is 5. The maximum absolute atomic E-state index is 11.5. The second-order valence-electron chi connectivity index (χ2n) is 4.44. The molecular weight excluding hydrogens is 194 g/mol. The van der Waals surface area contributed by atoms with E-state index in [4.69, 9.17) is 16.2 Å². The predicted molar refractivity (Wildman–Crippen MR) is 60.4 cm³/mol. The van der Waals surface area contributed by atoms with Gasteiger partial charge in [0.2, 0.25) is 0 Å². The van der Waals surface area contributed by atoms with Crippen LogP contribution in [0.5, 0.6) is 0 Å². The van der Waals surface area contributed by atoms with Gasteiger partial charge in [0.05, 0.1) is 6.54 Å². The van der Waals surface area contributed by atoms with Crippen molar-refractivity contribution in [3.05, 3.63) is 0 Å². The van der Waals surface area contributed by atoms with Crippen LogP contribution in [0.4, 0.5) is 0 Å². The Morgan fingerprint density at radius 3 is 2.00 bits per heavy atom. The third-order valence-electron chi connectivity index (χ3n) is 1.66. The predicted octanol–water partition coefficient (Wildman–Crippen LogP) is -0.452. The first-order chi connectivity index (χ1) is 6.89. The van der Waals surface area contributed by atoms with Crippen molar-refractivity contribution < 1.29 is 9.53 Å². The van der Waals surface area contributed by atoms with E-state index in [0.29, 0.717) is 26.2 Å². The van der Waals surface area contributed by atoms with Crippen molar-refractivity contribution in [3.63, 3.8) is 0 Å². The summed E-state index contributed by atoms with van der Waals surface area (Å²) in [5.74, 6) is -0.232. The lowest BCUT2D eigenvalue weighted by molar-refractivity contribution is -0.156. The summed E-state index contributed by atoms with van der Waals surface area (Å²) in [4.78, 5) is 13.4. The number of hydrogen-bond donors (Lipinski definition) is 2. The van der Waals surface area contributed by atoms with Crippen molar-refractivity contribution in [3.8, 4) is 0 Å². The largest absolute Gasteiger partial charge is 0.459 e. The van der Waals surface area contributed by atoms with Gasteiger partial charge in [0.15, 0.2) is 0 Å². The third kappa shape index (κ3) is 8.35. The molecule has 4 N–H and O–H groups in total. The van der Waals surface area contributed by atoms with E-state index in [1.54, 1.807) is 0 Å². The van der Waals surface area contributed by atoms with E-state index in [1.165, 1.54) is 0 Å². The molecule has 0 aliphatic rings. The summed E-state index contributed by atoms with van der Waals surface area (Å²) in [7, 11) is 0. The van der Waals surface area contributed by atoms with Crippen molar-refractivity contribution in [1.82, 2.24) is 4.90 Å². The summed E-state index contributed by atoms with van der Waals surface area (Å²) < 4.78 is 5.20. The molecule has 0 aromatic rings. The molecule has 0 saturated carbocycles. The molecular formula is C10H23N3O2. The fourth-order valence-electron chi connectivity index (χ4n) is 1.19. The van der Waals surface area contributed by atoms with Gasteiger partial charge in [-0.2, -0.15) is 0 Å². The third-order valence-corrected chi connectivity index (χ3v) is 1.66. The minimum absolute atomic E-state index is 0.232. The number of carbonyl (C=O) groups is 1. The second-order valence-corrected chi connectivity index (χ2v) is 4.44. The standard InChI is InChI=1S/C10H23N3O2/c1-10(2,3)15-9(14)8-13(6-4-11)7-5-12/h4-8,11-12H2,1-3H3. The van der Waals surface area contributed by atoms with Crippen molar-refractivity contribution >= 4 is 5.97 Å². The maximum atomic E-state index is 11.5. The number of ether oxygens (including phenoxy) is 1. The molecule has 0 heterocycles. The maximum Gasteiger partial charge on any atom is 0.320 e. The Hall–Kier alpha value is -0.650. The molecule has 15 heavy (non-hydrogen) atoms. The van der Waals surface area contributed by atoms with E-state index in [2.05, 4.69) is 0 Å². The van der Waals surface area contributed by atoms with Gasteiger partial charge in [0.25, 0.3) is 0 Å². The van der Waals surface area contributed by atoms with Gasteiger partial charge in [-0.15, -0.1) is 0 Å². The lowest BCUT2D eigenvalue weighted by Gasteiger charge is -2.24. The molecule has 0 aromatic heterocycles. The summed E-state index contributed by atoms with van der Waals surface area (Å²) in [5.41, 5.74) is 10.4. The lowest BCUT2D eigenvalue weighted by atomic mass is 10.2. The van der Waals surface area contributed by atoms with Gasteiger partial charge in [0, 0.05) is 26.2 Å².